The number of nitrogens with zero attached hydrogens (tertiary/aromatic N) is 2. The van der Waals surface area contributed by atoms with Crippen LogP contribution in [0.15, 0.2) is 18.2 Å². The van der Waals surface area contributed by atoms with E-state index < -0.39 is 0 Å². The fraction of sp³-hybridized carbons (Fsp3) is 0.571. The predicted molar refractivity (Wildman–Crippen MR) is 72.0 cm³/mol. The number of phenolic OH excluding ortho intramolecular Hbond substituents is 1. The lowest BCUT2D eigenvalue weighted by molar-refractivity contribution is 0.132. The Morgan fingerprint density at radius 1 is 1.17 bits per heavy atom. The normalized spacial score (nSPS) is 17.9. The summed E-state index contributed by atoms with van der Waals surface area (Å²) in [5.74, 6) is 0.761. The van der Waals surface area contributed by atoms with E-state index in [0.29, 0.717) is 5.75 Å². The molecule has 4 nitrogen and oxygen atoms in total. The molecular formula is C14H22N2O2. The Balaban J connectivity index is 1.94. The molecule has 2 rings (SSSR count). The van der Waals surface area contributed by atoms with Crippen molar-refractivity contribution in [3.05, 3.63) is 23.8 Å². The van der Waals surface area contributed by atoms with E-state index in [4.69, 9.17) is 4.74 Å². The zero-order valence-corrected chi connectivity index (χ0v) is 11.2. The van der Waals surface area contributed by atoms with Gasteiger partial charge in [-0.15, -0.1) is 0 Å². The number of methoxy groups -OCH3 is 1. The van der Waals surface area contributed by atoms with Crippen molar-refractivity contribution in [1.82, 2.24) is 9.80 Å². The summed E-state index contributed by atoms with van der Waals surface area (Å²) < 4.78 is 5.13. The SMILES string of the molecule is CCN1CCN(Cc2ccc(O)c(OC)c2)CC1. The van der Waals surface area contributed by atoms with Gasteiger partial charge < -0.3 is 14.7 Å². The number of phenols is 1. The highest BCUT2D eigenvalue weighted by atomic mass is 16.5. The van der Waals surface area contributed by atoms with Crippen LogP contribution < -0.4 is 4.74 Å². The van der Waals surface area contributed by atoms with E-state index in [1.54, 1.807) is 13.2 Å². The zero-order valence-electron chi connectivity index (χ0n) is 11.2. The van der Waals surface area contributed by atoms with Gasteiger partial charge in [0.15, 0.2) is 11.5 Å². The molecule has 0 bridgehead atoms. The zero-order chi connectivity index (χ0) is 13.0. The molecule has 1 fully saturated rings. The maximum Gasteiger partial charge on any atom is 0.160 e. The smallest absolute Gasteiger partial charge is 0.160 e. The lowest BCUT2D eigenvalue weighted by atomic mass is 10.1. The minimum Gasteiger partial charge on any atom is -0.504 e. The number of ether oxygens (including phenoxy) is 1. The van der Waals surface area contributed by atoms with E-state index in [1.165, 1.54) is 5.56 Å². The van der Waals surface area contributed by atoms with E-state index in [9.17, 15) is 5.11 Å². The third kappa shape index (κ3) is 3.15. The van der Waals surface area contributed by atoms with Crippen molar-refractivity contribution in [2.24, 2.45) is 0 Å². The average molecular weight is 250 g/mol. The third-order valence-electron chi connectivity index (χ3n) is 3.56. The standard InChI is InChI=1S/C14H22N2O2/c1-3-15-6-8-16(9-7-15)11-12-4-5-13(17)14(10-12)18-2/h4-5,10,17H,3,6-9,11H2,1-2H3. The first-order valence-corrected chi connectivity index (χ1v) is 6.53. The highest BCUT2D eigenvalue weighted by Crippen LogP contribution is 2.26. The van der Waals surface area contributed by atoms with Crippen LogP contribution in [0.5, 0.6) is 11.5 Å². The van der Waals surface area contributed by atoms with Crippen LogP contribution in [0.2, 0.25) is 0 Å². The van der Waals surface area contributed by atoms with E-state index in [1.807, 2.05) is 12.1 Å². The van der Waals surface area contributed by atoms with Gasteiger partial charge in [0.1, 0.15) is 0 Å². The van der Waals surface area contributed by atoms with Crippen LogP contribution in [0.1, 0.15) is 12.5 Å². The van der Waals surface area contributed by atoms with Crippen molar-refractivity contribution in [2.75, 3.05) is 39.8 Å². The second kappa shape index (κ2) is 6.07. The third-order valence-corrected chi connectivity index (χ3v) is 3.56. The molecule has 0 saturated carbocycles. The quantitative estimate of drug-likeness (QED) is 0.879. The summed E-state index contributed by atoms with van der Waals surface area (Å²) in [6.45, 7) is 8.78. The Morgan fingerprint density at radius 2 is 1.83 bits per heavy atom. The molecule has 0 atom stereocenters. The molecule has 0 spiro atoms. The van der Waals surface area contributed by atoms with Gasteiger partial charge in [-0.3, -0.25) is 4.90 Å². The molecule has 1 aromatic carbocycles. The molecule has 0 aliphatic carbocycles. The van der Waals surface area contributed by atoms with Crippen molar-refractivity contribution >= 4 is 0 Å². The fourth-order valence-electron chi connectivity index (χ4n) is 2.34. The van der Waals surface area contributed by atoms with Crippen molar-refractivity contribution in [3.8, 4) is 11.5 Å². The van der Waals surface area contributed by atoms with Gasteiger partial charge in [-0.2, -0.15) is 0 Å². The summed E-state index contributed by atoms with van der Waals surface area (Å²) >= 11 is 0. The van der Waals surface area contributed by atoms with Gasteiger partial charge >= 0.3 is 0 Å². The van der Waals surface area contributed by atoms with Gasteiger partial charge in [0, 0.05) is 32.7 Å². The first-order valence-electron chi connectivity index (χ1n) is 6.53. The van der Waals surface area contributed by atoms with Crippen LogP contribution in [-0.2, 0) is 6.54 Å². The number of benzene rings is 1. The molecule has 1 aromatic rings. The molecule has 0 aromatic heterocycles. The second-order valence-electron chi connectivity index (χ2n) is 4.72. The van der Waals surface area contributed by atoms with Crippen LogP contribution in [0, 0.1) is 0 Å². The molecule has 0 radical (unpaired) electrons. The number of hydrogen-bond acceptors (Lipinski definition) is 4. The van der Waals surface area contributed by atoms with E-state index in [2.05, 4.69) is 16.7 Å². The number of hydrogen-bond donors (Lipinski definition) is 1. The maximum absolute atomic E-state index is 9.56. The second-order valence-corrected chi connectivity index (χ2v) is 4.72. The topological polar surface area (TPSA) is 35.9 Å². The van der Waals surface area contributed by atoms with E-state index in [-0.39, 0.29) is 5.75 Å². The first-order chi connectivity index (χ1) is 8.72. The largest absolute Gasteiger partial charge is 0.504 e. The van der Waals surface area contributed by atoms with E-state index >= 15 is 0 Å². The van der Waals surface area contributed by atoms with Gasteiger partial charge in [-0.05, 0) is 24.2 Å². The monoisotopic (exact) mass is 250 g/mol. The minimum atomic E-state index is 0.206. The van der Waals surface area contributed by atoms with Crippen molar-refractivity contribution in [1.29, 1.82) is 0 Å². The Labute approximate surface area is 109 Å². The molecular weight excluding hydrogens is 228 g/mol. The fourth-order valence-corrected chi connectivity index (χ4v) is 2.34. The molecule has 100 valence electrons. The van der Waals surface area contributed by atoms with Crippen molar-refractivity contribution in [2.45, 2.75) is 13.5 Å². The van der Waals surface area contributed by atoms with Gasteiger partial charge in [-0.25, -0.2) is 0 Å². The van der Waals surface area contributed by atoms with Crippen molar-refractivity contribution in [3.63, 3.8) is 0 Å². The summed E-state index contributed by atoms with van der Waals surface area (Å²) in [5, 5.41) is 9.56. The number of aromatic hydroxyl groups is 1. The highest BCUT2D eigenvalue weighted by Gasteiger charge is 2.15. The lowest BCUT2D eigenvalue weighted by Gasteiger charge is -2.34. The average Bonchev–Trinajstić information content (AvgIpc) is 2.42. The number of piperazine rings is 1. The van der Waals surface area contributed by atoms with Crippen LogP contribution in [0.25, 0.3) is 0 Å². The van der Waals surface area contributed by atoms with Gasteiger partial charge in [-0.1, -0.05) is 13.0 Å². The highest BCUT2D eigenvalue weighted by molar-refractivity contribution is 5.41. The molecule has 4 heteroatoms. The molecule has 1 aliphatic heterocycles. The molecule has 1 N–H and O–H groups in total. The summed E-state index contributed by atoms with van der Waals surface area (Å²) in [6, 6.07) is 5.59. The van der Waals surface area contributed by atoms with Gasteiger partial charge in [0.25, 0.3) is 0 Å². The molecule has 18 heavy (non-hydrogen) atoms. The lowest BCUT2D eigenvalue weighted by Crippen LogP contribution is -2.45. The molecule has 1 aliphatic rings. The summed E-state index contributed by atoms with van der Waals surface area (Å²) in [4.78, 5) is 4.91. The Bertz CT molecular complexity index is 387. The summed E-state index contributed by atoms with van der Waals surface area (Å²) in [6.07, 6.45) is 0. The van der Waals surface area contributed by atoms with Crippen LogP contribution in [0.4, 0.5) is 0 Å². The Morgan fingerprint density at radius 3 is 2.44 bits per heavy atom. The van der Waals surface area contributed by atoms with Crippen molar-refractivity contribution < 1.29 is 9.84 Å². The number of rotatable bonds is 4. The van der Waals surface area contributed by atoms with Crippen LogP contribution in [0.3, 0.4) is 0 Å². The first kappa shape index (κ1) is 13.2. The molecule has 0 amide bonds. The molecule has 0 unspecified atom stereocenters. The summed E-state index contributed by atoms with van der Waals surface area (Å²) in [5.41, 5.74) is 1.19. The molecule has 1 heterocycles. The minimum absolute atomic E-state index is 0.206. The van der Waals surface area contributed by atoms with Gasteiger partial charge in [0.05, 0.1) is 7.11 Å². The number of likely N-dealkylation sites (N-methyl/N-ethyl adjacent to an activating group) is 1. The Hall–Kier alpha value is -1.26. The van der Waals surface area contributed by atoms with Crippen LogP contribution >= 0.6 is 0 Å². The maximum atomic E-state index is 9.56. The van der Waals surface area contributed by atoms with Gasteiger partial charge in [0.2, 0.25) is 0 Å². The Kier molecular flexibility index (Phi) is 4.44. The van der Waals surface area contributed by atoms with Crippen LogP contribution in [-0.4, -0.2) is 54.7 Å². The predicted octanol–water partition coefficient (Wildman–Crippen LogP) is 1.54. The van der Waals surface area contributed by atoms with E-state index in [0.717, 1.165) is 39.3 Å². The summed E-state index contributed by atoms with van der Waals surface area (Å²) in [7, 11) is 1.58. The molecule has 1 saturated heterocycles.